The van der Waals surface area contributed by atoms with Crippen LogP contribution in [0.5, 0.6) is 0 Å². The lowest BCUT2D eigenvalue weighted by molar-refractivity contribution is 0.0760. The minimum Gasteiger partial charge on any atom is -0.339 e. The molecule has 1 aliphatic rings. The lowest BCUT2D eigenvalue weighted by Crippen LogP contribution is -2.32. The fourth-order valence-electron chi connectivity index (χ4n) is 2.85. The number of amides is 1. The summed E-state index contributed by atoms with van der Waals surface area (Å²) in [5, 5.41) is 0. The number of hydrogen-bond donors (Lipinski definition) is 0. The molecule has 0 atom stereocenters. The molecule has 1 aromatic carbocycles. The average Bonchev–Trinajstić information content (AvgIpc) is 2.84. The summed E-state index contributed by atoms with van der Waals surface area (Å²) in [7, 11) is 0. The summed E-state index contributed by atoms with van der Waals surface area (Å²) in [6.45, 7) is 3.58. The minimum atomic E-state index is 0.0685. The average molecular weight is 295 g/mol. The van der Waals surface area contributed by atoms with Gasteiger partial charge in [0.25, 0.3) is 5.91 Å². The van der Waals surface area contributed by atoms with Crippen LogP contribution in [0.2, 0.25) is 0 Å². The van der Waals surface area contributed by atoms with Crippen molar-refractivity contribution in [2.24, 2.45) is 0 Å². The van der Waals surface area contributed by atoms with Crippen molar-refractivity contribution in [3.8, 4) is 11.4 Å². The first-order valence-electron chi connectivity index (χ1n) is 7.94. The molecule has 2 heterocycles. The van der Waals surface area contributed by atoms with Gasteiger partial charge in [-0.2, -0.15) is 0 Å². The second-order valence-electron chi connectivity index (χ2n) is 5.77. The Morgan fingerprint density at radius 1 is 1.05 bits per heavy atom. The maximum absolute atomic E-state index is 12.7. The van der Waals surface area contributed by atoms with Crippen LogP contribution in [0.1, 0.15) is 41.7 Å². The lowest BCUT2D eigenvalue weighted by atomic mass is 10.1. The van der Waals surface area contributed by atoms with E-state index in [0.717, 1.165) is 37.2 Å². The van der Waals surface area contributed by atoms with E-state index in [9.17, 15) is 4.79 Å². The van der Waals surface area contributed by atoms with E-state index in [4.69, 9.17) is 0 Å². The second-order valence-corrected chi connectivity index (χ2v) is 5.77. The van der Waals surface area contributed by atoms with E-state index in [-0.39, 0.29) is 5.91 Å². The van der Waals surface area contributed by atoms with Gasteiger partial charge in [0.05, 0.1) is 11.3 Å². The molecule has 1 saturated heterocycles. The molecule has 0 N–H and O–H groups in total. The van der Waals surface area contributed by atoms with E-state index in [1.807, 2.05) is 42.2 Å². The number of carbonyl (C=O) groups excluding carboxylic acids is 1. The molecular formula is C18H21N3O. The Morgan fingerprint density at radius 2 is 1.73 bits per heavy atom. The molecule has 0 aliphatic carbocycles. The van der Waals surface area contributed by atoms with E-state index in [1.54, 1.807) is 6.20 Å². The van der Waals surface area contributed by atoms with Crippen molar-refractivity contribution in [2.45, 2.75) is 32.6 Å². The van der Waals surface area contributed by atoms with Gasteiger partial charge in [0.1, 0.15) is 0 Å². The first-order chi connectivity index (χ1) is 10.8. The quantitative estimate of drug-likeness (QED) is 0.852. The third kappa shape index (κ3) is 3.16. The SMILES string of the molecule is Cc1nc(-c2ccccc2)ncc1C(=O)N1CCCCCC1. The predicted molar refractivity (Wildman–Crippen MR) is 86.6 cm³/mol. The number of carbonyl (C=O) groups is 1. The molecule has 1 amide bonds. The van der Waals surface area contributed by atoms with E-state index < -0.39 is 0 Å². The van der Waals surface area contributed by atoms with Crippen molar-refractivity contribution in [1.29, 1.82) is 0 Å². The Kier molecular flexibility index (Phi) is 4.47. The highest BCUT2D eigenvalue weighted by molar-refractivity contribution is 5.95. The molecule has 2 aromatic rings. The first kappa shape index (κ1) is 14.7. The zero-order valence-electron chi connectivity index (χ0n) is 13.0. The van der Waals surface area contributed by atoms with Gasteiger partial charge in [0, 0.05) is 24.8 Å². The summed E-state index contributed by atoms with van der Waals surface area (Å²) < 4.78 is 0. The van der Waals surface area contributed by atoms with Crippen LogP contribution in [0, 0.1) is 6.92 Å². The highest BCUT2D eigenvalue weighted by Crippen LogP contribution is 2.18. The Labute approximate surface area is 131 Å². The Morgan fingerprint density at radius 3 is 2.36 bits per heavy atom. The topological polar surface area (TPSA) is 46.1 Å². The third-order valence-electron chi connectivity index (χ3n) is 4.14. The summed E-state index contributed by atoms with van der Waals surface area (Å²) >= 11 is 0. The number of aryl methyl sites for hydroxylation is 1. The first-order valence-corrected chi connectivity index (χ1v) is 7.94. The number of aromatic nitrogens is 2. The van der Waals surface area contributed by atoms with Crippen LogP contribution < -0.4 is 0 Å². The van der Waals surface area contributed by atoms with Crippen molar-refractivity contribution in [2.75, 3.05) is 13.1 Å². The van der Waals surface area contributed by atoms with Gasteiger partial charge in [-0.25, -0.2) is 9.97 Å². The van der Waals surface area contributed by atoms with Gasteiger partial charge in [0.2, 0.25) is 0 Å². The van der Waals surface area contributed by atoms with Crippen LogP contribution in [0.15, 0.2) is 36.5 Å². The van der Waals surface area contributed by atoms with Crippen molar-refractivity contribution < 1.29 is 4.79 Å². The minimum absolute atomic E-state index is 0.0685. The summed E-state index contributed by atoms with van der Waals surface area (Å²) in [4.78, 5) is 23.5. The summed E-state index contributed by atoms with van der Waals surface area (Å²) in [5.41, 5.74) is 2.35. The largest absolute Gasteiger partial charge is 0.339 e. The number of benzene rings is 1. The van der Waals surface area contributed by atoms with Gasteiger partial charge >= 0.3 is 0 Å². The third-order valence-corrected chi connectivity index (χ3v) is 4.14. The van der Waals surface area contributed by atoms with Crippen molar-refractivity contribution in [1.82, 2.24) is 14.9 Å². The molecular weight excluding hydrogens is 274 g/mol. The van der Waals surface area contributed by atoms with Crippen LogP contribution in [0.25, 0.3) is 11.4 Å². The Bertz CT molecular complexity index is 647. The summed E-state index contributed by atoms with van der Waals surface area (Å²) in [6, 6.07) is 9.85. The molecule has 0 unspecified atom stereocenters. The smallest absolute Gasteiger partial charge is 0.257 e. The zero-order valence-corrected chi connectivity index (χ0v) is 13.0. The zero-order chi connectivity index (χ0) is 15.4. The Hall–Kier alpha value is -2.23. The fourth-order valence-corrected chi connectivity index (χ4v) is 2.85. The summed E-state index contributed by atoms with van der Waals surface area (Å²) in [6.07, 6.45) is 6.29. The van der Waals surface area contributed by atoms with E-state index >= 15 is 0 Å². The molecule has 3 rings (SSSR count). The van der Waals surface area contributed by atoms with E-state index in [0.29, 0.717) is 11.4 Å². The molecule has 0 saturated carbocycles. The van der Waals surface area contributed by atoms with Gasteiger partial charge in [-0.3, -0.25) is 4.79 Å². The van der Waals surface area contributed by atoms with Crippen LogP contribution in [0.3, 0.4) is 0 Å². The van der Waals surface area contributed by atoms with Crippen LogP contribution in [-0.4, -0.2) is 33.9 Å². The predicted octanol–water partition coefficient (Wildman–Crippen LogP) is 3.47. The van der Waals surface area contributed by atoms with E-state index in [2.05, 4.69) is 9.97 Å². The normalized spacial score (nSPS) is 15.4. The molecule has 1 fully saturated rings. The molecule has 114 valence electrons. The number of hydrogen-bond acceptors (Lipinski definition) is 3. The molecule has 0 spiro atoms. The molecule has 4 nitrogen and oxygen atoms in total. The molecule has 4 heteroatoms. The molecule has 1 aliphatic heterocycles. The van der Waals surface area contributed by atoms with Gasteiger partial charge in [0.15, 0.2) is 5.82 Å². The fraction of sp³-hybridized carbons (Fsp3) is 0.389. The lowest BCUT2D eigenvalue weighted by Gasteiger charge is -2.20. The van der Waals surface area contributed by atoms with Gasteiger partial charge < -0.3 is 4.90 Å². The molecule has 22 heavy (non-hydrogen) atoms. The van der Waals surface area contributed by atoms with Gasteiger partial charge in [-0.1, -0.05) is 43.2 Å². The van der Waals surface area contributed by atoms with Crippen LogP contribution >= 0.6 is 0 Å². The van der Waals surface area contributed by atoms with Crippen LogP contribution in [0.4, 0.5) is 0 Å². The van der Waals surface area contributed by atoms with E-state index in [1.165, 1.54) is 12.8 Å². The van der Waals surface area contributed by atoms with Crippen LogP contribution in [-0.2, 0) is 0 Å². The maximum Gasteiger partial charge on any atom is 0.257 e. The molecule has 0 bridgehead atoms. The summed E-state index contributed by atoms with van der Waals surface area (Å²) in [5.74, 6) is 0.740. The highest BCUT2D eigenvalue weighted by Gasteiger charge is 2.20. The van der Waals surface area contributed by atoms with Crippen molar-refractivity contribution in [3.63, 3.8) is 0 Å². The maximum atomic E-state index is 12.7. The standard InChI is InChI=1S/C18H21N3O/c1-14-16(18(22)21-11-7-2-3-8-12-21)13-19-17(20-14)15-9-5-4-6-10-15/h4-6,9-10,13H,2-3,7-8,11-12H2,1H3. The monoisotopic (exact) mass is 295 g/mol. The van der Waals surface area contributed by atoms with Gasteiger partial charge in [-0.05, 0) is 19.8 Å². The molecule has 1 aromatic heterocycles. The molecule has 0 radical (unpaired) electrons. The van der Waals surface area contributed by atoms with Crippen molar-refractivity contribution in [3.05, 3.63) is 47.8 Å². The number of rotatable bonds is 2. The second kappa shape index (κ2) is 6.69. The number of likely N-dealkylation sites (tertiary alicyclic amines) is 1. The highest BCUT2D eigenvalue weighted by atomic mass is 16.2. The van der Waals surface area contributed by atoms with Gasteiger partial charge in [-0.15, -0.1) is 0 Å². The van der Waals surface area contributed by atoms with Crippen molar-refractivity contribution >= 4 is 5.91 Å². The number of nitrogens with zero attached hydrogens (tertiary/aromatic N) is 3. The Balaban J connectivity index is 1.84.